The fraction of sp³-hybridized carbons (Fsp3) is 0.588. The molecule has 28 heavy (non-hydrogen) atoms. The van der Waals surface area contributed by atoms with Crippen LogP contribution in [0.1, 0.15) is 19.3 Å². The van der Waals surface area contributed by atoms with Gasteiger partial charge in [0.1, 0.15) is 0 Å². The highest BCUT2D eigenvalue weighted by Crippen LogP contribution is 2.69. The molecule has 1 aliphatic heterocycles. The van der Waals surface area contributed by atoms with Crippen LogP contribution < -0.4 is 15.0 Å². The van der Waals surface area contributed by atoms with Gasteiger partial charge in [0.2, 0.25) is 17.0 Å². The van der Waals surface area contributed by atoms with Crippen molar-refractivity contribution < 1.29 is 19.0 Å². The monoisotopic (exact) mass is 404 g/mol. The number of amides is 1. The fourth-order valence-electron chi connectivity index (χ4n) is 4.07. The van der Waals surface area contributed by atoms with Gasteiger partial charge in [0.25, 0.3) is 0 Å². The predicted molar refractivity (Wildman–Crippen MR) is 99.7 cm³/mol. The van der Waals surface area contributed by atoms with E-state index < -0.39 is 0 Å². The number of carbonyl (C=O) groups excluding carboxylic acids is 1. The molecule has 4 aliphatic rings. The van der Waals surface area contributed by atoms with Gasteiger partial charge >= 0.3 is 5.19 Å². The Hall–Kier alpha value is -2.37. The molecule has 6 rings (SSSR count). The van der Waals surface area contributed by atoms with E-state index in [1.54, 1.807) is 19.5 Å². The molecule has 0 spiro atoms. The Morgan fingerprint density at radius 3 is 2.61 bits per heavy atom. The highest BCUT2D eigenvalue weighted by atomic mass is 32.1. The summed E-state index contributed by atoms with van der Waals surface area (Å²) in [5.74, 6) is 1.09. The van der Waals surface area contributed by atoms with Crippen LogP contribution in [0.3, 0.4) is 0 Å². The molecule has 0 atom stereocenters. The molecule has 2 aromatic heterocycles. The quantitative estimate of drug-likeness (QED) is 0.765. The van der Waals surface area contributed by atoms with Crippen LogP contribution in [0.15, 0.2) is 12.4 Å². The van der Waals surface area contributed by atoms with E-state index >= 15 is 0 Å². The van der Waals surface area contributed by atoms with Crippen molar-refractivity contribution in [2.45, 2.75) is 24.9 Å². The number of hydrogen-bond acceptors (Lipinski definition) is 10. The van der Waals surface area contributed by atoms with Crippen LogP contribution in [0, 0.1) is 5.41 Å². The number of morpholine rings is 1. The maximum atomic E-state index is 12.5. The Balaban J connectivity index is 1.17. The van der Waals surface area contributed by atoms with Crippen LogP contribution in [0.5, 0.6) is 10.9 Å². The number of nitrogens with one attached hydrogen (secondary N) is 1. The van der Waals surface area contributed by atoms with Gasteiger partial charge in [-0.3, -0.25) is 10.1 Å². The van der Waals surface area contributed by atoms with Crippen LogP contribution in [-0.4, -0.2) is 65.1 Å². The van der Waals surface area contributed by atoms with Crippen molar-refractivity contribution in [1.82, 2.24) is 20.2 Å². The van der Waals surface area contributed by atoms with Crippen molar-refractivity contribution in [3.05, 3.63) is 12.4 Å². The fourth-order valence-corrected chi connectivity index (χ4v) is 4.68. The van der Waals surface area contributed by atoms with Crippen LogP contribution in [0.25, 0.3) is 0 Å². The van der Waals surface area contributed by atoms with E-state index in [0.717, 1.165) is 32.4 Å². The summed E-state index contributed by atoms with van der Waals surface area (Å²) >= 11 is 1.17. The van der Waals surface area contributed by atoms with Gasteiger partial charge in [-0.1, -0.05) is 5.10 Å². The number of hydrogen-bond donors (Lipinski definition) is 1. The molecule has 1 N–H and O–H groups in total. The average Bonchev–Trinajstić information content (AvgIpc) is 3.08. The van der Waals surface area contributed by atoms with E-state index in [4.69, 9.17) is 14.2 Å². The summed E-state index contributed by atoms with van der Waals surface area (Å²) in [4.78, 5) is 23.2. The van der Waals surface area contributed by atoms with E-state index in [9.17, 15) is 4.79 Å². The van der Waals surface area contributed by atoms with Crippen molar-refractivity contribution in [3.8, 4) is 10.9 Å². The summed E-state index contributed by atoms with van der Waals surface area (Å²) in [6.45, 7) is 2.89. The minimum Gasteiger partial charge on any atom is -0.426 e. The van der Waals surface area contributed by atoms with Gasteiger partial charge in [0.15, 0.2) is 5.75 Å². The van der Waals surface area contributed by atoms with Crippen molar-refractivity contribution in [2.24, 2.45) is 5.41 Å². The summed E-state index contributed by atoms with van der Waals surface area (Å²) < 4.78 is 16.4. The third-order valence-corrected chi connectivity index (χ3v) is 6.35. The van der Waals surface area contributed by atoms with E-state index in [0.29, 0.717) is 35.2 Å². The lowest BCUT2D eigenvalue weighted by atomic mass is 9.41. The Bertz CT molecular complexity index is 862. The molecule has 2 aromatic rings. The zero-order chi connectivity index (χ0) is 19.2. The van der Waals surface area contributed by atoms with Crippen molar-refractivity contribution in [1.29, 1.82) is 0 Å². The van der Waals surface area contributed by atoms with E-state index in [2.05, 4.69) is 30.4 Å². The molecule has 0 aromatic carbocycles. The lowest BCUT2D eigenvalue weighted by molar-refractivity contribution is -0.260. The minimum absolute atomic E-state index is 0.0210. The van der Waals surface area contributed by atoms with Gasteiger partial charge in [-0.05, 0) is 30.6 Å². The van der Waals surface area contributed by atoms with E-state index in [1.807, 2.05) is 0 Å². The van der Waals surface area contributed by atoms with Gasteiger partial charge in [-0.15, -0.1) is 5.10 Å². The minimum atomic E-state index is -0.300. The Labute approximate surface area is 165 Å². The highest BCUT2D eigenvalue weighted by molar-refractivity contribution is 7.17. The molecular formula is C17H20N6O4S. The number of rotatable bonds is 6. The maximum Gasteiger partial charge on any atom is 0.301 e. The highest BCUT2D eigenvalue weighted by Gasteiger charge is 2.72. The summed E-state index contributed by atoms with van der Waals surface area (Å²) in [5, 5.41) is 11.5. The van der Waals surface area contributed by atoms with Crippen molar-refractivity contribution in [2.75, 3.05) is 43.6 Å². The lowest BCUT2D eigenvalue weighted by Gasteiger charge is -2.67. The summed E-state index contributed by atoms with van der Waals surface area (Å²) in [7, 11) is 1.70. The number of carbonyl (C=O) groups is 1. The van der Waals surface area contributed by atoms with Crippen LogP contribution >= 0.6 is 11.3 Å². The number of aromatic nitrogens is 4. The summed E-state index contributed by atoms with van der Waals surface area (Å²) in [6, 6.07) is 0. The molecule has 4 fully saturated rings. The van der Waals surface area contributed by atoms with Crippen LogP contribution in [0.4, 0.5) is 11.1 Å². The third kappa shape index (κ3) is 2.99. The predicted octanol–water partition coefficient (Wildman–Crippen LogP) is 1.46. The molecule has 11 heteroatoms. The normalized spacial score (nSPS) is 28.2. The maximum absolute atomic E-state index is 12.5. The average molecular weight is 404 g/mol. The largest absolute Gasteiger partial charge is 0.426 e. The molecule has 1 amide bonds. The molecule has 0 unspecified atom stereocenters. The van der Waals surface area contributed by atoms with Crippen LogP contribution in [0.2, 0.25) is 0 Å². The topological polar surface area (TPSA) is 112 Å². The first-order valence-electron chi connectivity index (χ1n) is 9.13. The second kappa shape index (κ2) is 6.61. The molecule has 2 bridgehead atoms. The zero-order valence-electron chi connectivity index (χ0n) is 15.4. The van der Waals surface area contributed by atoms with Crippen molar-refractivity contribution >= 4 is 28.3 Å². The van der Waals surface area contributed by atoms with Gasteiger partial charge in [0.05, 0.1) is 36.6 Å². The molecule has 148 valence electrons. The van der Waals surface area contributed by atoms with E-state index in [-0.39, 0.29) is 16.9 Å². The summed E-state index contributed by atoms with van der Waals surface area (Å²) in [6.07, 6.45) is 5.53. The first kappa shape index (κ1) is 17.7. The second-order valence-electron chi connectivity index (χ2n) is 7.45. The zero-order valence-corrected chi connectivity index (χ0v) is 16.2. The molecule has 1 saturated heterocycles. The SMILES string of the molecule is COC12CC(C(=O)Nc3nnc(Oc4cnc(N5CCOCC5)nc4)s3)(C1)C2. The smallest absolute Gasteiger partial charge is 0.301 e. The van der Waals surface area contributed by atoms with Gasteiger partial charge in [-0.2, -0.15) is 0 Å². The Kier molecular flexibility index (Phi) is 4.18. The molecular weight excluding hydrogens is 384 g/mol. The third-order valence-electron chi connectivity index (χ3n) is 5.64. The standard InChI is InChI=1S/C17H20N6O4S/c1-25-17-8-16(9-17,10-17)12(24)20-14-21-22-15(28-14)27-11-6-18-13(19-7-11)23-2-4-26-5-3-23/h6-7H,2-5,8-10H2,1H3,(H,20,21,24). The molecule has 0 radical (unpaired) electrons. The first-order valence-corrected chi connectivity index (χ1v) is 9.94. The number of methoxy groups -OCH3 is 1. The first-order chi connectivity index (χ1) is 13.6. The molecule has 3 heterocycles. The Morgan fingerprint density at radius 2 is 1.93 bits per heavy atom. The number of nitrogens with zero attached hydrogens (tertiary/aromatic N) is 5. The lowest BCUT2D eigenvalue weighted by Crippen LogP contribution is -2.72. The number of ether oxygens (including phenoxy) is 3. The van der Waals surface area contributed by atoms with Crippen molar-refractivity contribution in [3.63, 3.8) is 0 Å². The Morgan fingerprint density at radius 1 is 1.21 bits per heavy atom. The molecule has 3 saturated carbocycles. The van der Waals surface area contributed by atoms with E-state index in [1.165, 1.54) is 11.3 Å². The summed E-state index contributed by atoms with van der Waals surface area (Å²) in [5.41, 5.74) is -0.369. The van der Waals surface area contributed by atoms with Gasteiger partial charge < -0.3 is 19.1 Å². The second-order valence-corrected chi connectivity index (χ2v) is 8.39. The van der Waals surface area contributed by atoms with Gasteiger partial charge in [0, 0.05) is 20.2 Å². The molecule has 3 aliphatic carbocycles. The van der Waals surface area contributed by atoms with Crippen LogP contribution in [-0.2, 0) is 14.3 Å². The number of anilines is 2. The molecule has 10 nitrogen and oxygen atoms in total. The van der Waals surface area contributed by atoms with Gasteiger partial charge in [-0.25, -0.2) is 9.97 Å².